The van der Waals surface area contributed by atoms with Gasteiger partial charge in [-0.15, -0.1) is 0 Å². The van der Waals surface area contributed by atoms with E-state index in [1.54, 1.807) is 77.1 Å². The number of esters is 1. The van der Waals surface area contributed by atoms with Crippen molar-refractivity contribution in [3.8, 4) is 28.9 Å². The van der Waals surface area contributed by atoms with E-state index in [-0.39, 0.29) is 52.6 Å². The van der Waals surface area contributed by atoms with Crippen LogP contribution in [-0.4, -0.2) is 71.5 Å². The van der Waals surface area contributed by atoms with Gasteiger partial charge in [-0.25, -0.2) is 28.4 Å². The van der Waals surface area contributed by atoms with Crippen LogP contribution in [0.4, 0.5) is 5.82 Å². The molecule has 0 bridgehead atoms. The quantitative estimate of drug-likeness (QED) is 0.158. The molecule has 3 N–H and O–H groups in total. The second-order valence-corrected chi connectivity index (χ2v) is 14.3. The van der Waals surface area contributed by atoms with Crippen molar-refractivity contribution < 1.29 is 37.6 Å². The molecule has 0 unspecified atom stereocenters. The summed E-state index contributed by atoms with van der Waals surface area (Å²) in [6.07, 6.45) is -0.120. The average molecular weight is 680 g/mol. The topological polar surface area (TPSA) is 183 Å². The second kappa shape index (κ2) is 14.6. The summed E-state index contributed by atoms with van der Waals surface area (Å²) in [5.41, 5.74) is -0.0259. The van der Waals surface area contributed by atoms with Crippen LogP contribution in [-0.2, 0) is 26.0 Å². The smallest absolute Gasteiger partial charge is 0.311 e. The van der Waals surface area contributed by atoms with E-state index in [4.69, 9.17) is 19.2 Å². The molecule has 0 radical (unpaired) electrons. The number of benzene rings is 2. The number of aromatic nitrogens is 4. The highest BCUT2D eigenvalue weighted by atomic mass is 32.2. The third-order valence-electron chi connectivity index (χ3n) is 7.44. The van der Waals surface area contributed by atoms with E-state index in [1.807, 2.05) is 6.92 Å². The van der Waals surface area contributed by atoms with Gasteiger partial charge in [-0.1, -0.05) is 36.8 Å². The lowest BCUT2D eigenvalue weighted by Crippen LogP contribution is -2.37. The van der Waals surface area contributed by atoms with Crippen LogP contribution in [0.15, 0.2) is 59.5 Å². The predicted molar refractivity (Wildman–Crippen MR) is 178 cm³/mol. The minimum Gasteiger partial charge on any atom is -0.493 e. The summed E-state index contributed by atoms with van der Waals surface area (Å²) in [4.78, 5) is 31.7. The number of nitrogens with one attached hydrogen (secondary N) is 1. The number of para-hydroxylation sites is 2. The second-order valence-electron chi connectivity index (χ2n) is 12.6. The number of methoxy groups -OCH3 is 1. The average Bonchev–Trinajstić information content (AvgIpc) is 3.04. The van der Waals surface area contributed by atoms with Crippen molar-refractivity contribution in [2.24, 2.45) is 10.8 Å². The molecular weight excluding hydrogens is 638 g/mol. The van der Waals surface area contributed by atoms with Crippen LogP contribution in [0.3, 0.4) is 0 Å². The highest BCUT2D eigenvalue weighted by Crippen LogP contribution is 2.40. The highest BCUT2D eigenvalue weighted by molar-refractivity contribution is 7.92. The van der Waals surface area contributed by atoms with Crippen molar-refractivity contribution in [2.75, 3.05) is 31.7 Å². The van der Waals surface area contributed by atoms with Crippen molar-refractivity contribution in [1.82, 2.24) is 19.9 Å². The van der Waals surface area contributed by atoms with Crippen LogP contribution < -0.4 is 14.2 Å². The molecule has 0 aliphatic heterocycles. The number of aliphatic hydroxyl groups excluding tert-OH is 2. The molecular formula is C34H41N5O8S. The van der Waals surface area contributed by atoms with Gasteiger partial charge in [-0.3, -0.25) is 9.52 Å². The summed E-state index contributed by atoms with van der Waals surface area (Å²) in [5, 5.41) is 19.4. The Kier molecular flexibility index (Phi) is 11.0. The van der Waals surface area contributed by atoms with Crippen molar-refractivity contribution in [3.05, 3.63) is 77.2 Å². The highest BCUT2D eigenvalue weighted by Gasteiger charge is 2.36. The number of anilines is 1. The summed E-state index contributed by atoms with van der Waals surface area (Å²) in [6, 6.07) is 14.8. The maximum absolute atomic E-state index is 13.7. The number of hydrogen-bond acceptors (Lipinski definition) is 12. The van der Waals surface area contributed by atoms with Gasteiger partial charge in [0.25, 0.3) is 10.0 Å². The molecule has 0 aliphatic carbocycles. The Labute approximate surface area is 280 Å². The largest absolute Gasteiger partial charge is 0.493 e. The van der Waals surface area contributed by atoms with Crippen molar-refractivity contribution in [2.45, 2.75) is 52.9 Å². The number of nitrogens with zero attached hydrogens (tertiary/aromatic N) is 4. The number of aryl methyl sites for hydroxylation is 3. The molecule has 48 heavy (non-hydrogen) atoms. The van der Waals surface area contributed by atoms with Crippen molar-refractivity contribution in [3.63, 3.8) is 0 Å². The molecule has 0 saturated carbocycles. The number of carbonyl (C=O) groups is 1. The fraction of sp³-hybridized carbons (Fsp3) is 0.382. The zero-order valence-electron chi connectivity index (χ0n) is 28.1. The first kappa shape index (κ1) is 36.2. The number of hydrogen-bond donors (Lipinski definition) is 3. The minimum absolute atomic E-state index is 0.0110. The SMILES string of the molecule is COc1ccccc1Oc1c(CC(C)(C)C(=O)OCC(C)(CO)CO)nc(-c2nc(C)cc(C)n2)nc1NS(=O)(=O)c1ccc(C)cc1. The molecule has 256 valence electrons. The summed E-state index contributed by atoms with van der Waals surface area (Å²) in [5.74, 6) is -0.246. The van der Waals surface area contributed by atoms with E-state index in [0.717, 1.165) is 5.56 Å². The Hall–Kier alpha value is -4.66. The Morgan fingerprint density at radius 1 is 0.854 bits per heavy atom. The molecule has 4 aromatic rings. The molecule has 2 aromatic heterocycles. The van der Waals surface area contributed by atoms with Crippen LogP contribution in [0.25, 0.3) is 11.6 Å². The van der Waals surface area contributed by atoms with Crippen LogP contribution in [0, 0.1) is 31.6 Å². The van der Waals surface area contributed by atoms with E-state index in [2.05, 4.69) is 19.7 Å². The maximum atomic E-state index is 13.7. The summed E-state index contributed by atoms with van der Waals surface area (Å²) in [7, 11) is -2.75. The Bertz CT molecular complexity index is 1860. The van der Waals surface area contributed by atoms with Gasteiger partial charge in [0.2, 0.25) is 0 Å². The number of sulfonamides is 1. The molecule has 0 atom stereocenters. The van der Waals surface area contributed by atoms with E-state index >= 15 is 0 Å². The van der Waals surface area contributed by atoms with Gasteiger partial charge >= 0.3 is 5.97 Å². The number of rotatable bonds is 14. The third-order valence-corrected chi connectivity index (χ3v) is 8.79. The Morgan fingerprint density at radius 2 is 1.44 bits per heavy atom. The number of aliphatic hydroxyl groups is 2. The lowest BCUT2D eigenvalue weighted by atomic mass is 9.87. The van der Waals surface area contributed by atoms with Gasteiger partial charge in [-0.2, -0.15) is 0 Å². The first-order chi connectivity index (χ1) is 22.6. The van der Waals surface area contributed by atoms with Gasteiger partial charge in [0.1, 0.15) is 6.61 Å². The molecule has 0 fully saturated rings. The van der Waals surface area contributed by atoms with E-state index in [1.165, 1.54) is 19.2 Å². The van der Waals surface area contributed by atoms with Crippen LogP contribution >= 0.6 is 0 Å². The summed E-state index contributed by atoms with van der Waals surface area (Å²) in [6.45, 7) is 9.21. The lowest BCUT2D eigenvalue weighted by Gasteiger charge is -2.28. The lowest BCUT2D eigenvalue weighted by molar-refractivity contribution is -0.159. The standard InChI is InChI=1S/C34H41N5O8S/c1-21-12-14-24(15-13-21)48(43,44)39-29-28(47-27-11-9-8-10-26(27)45-7)25(37-31(38-29)30-35-22(2)16-23(3)36-30)17-33(4,5)32(42)46-20-34(6,18-40)19-41/h8-16,40-41H,17-20H2,1-7H3,(H,37,38,39). The molecule has 14 heteroatoms. The van der Waals surface area contributed by atoms with Crippen molar-refractivity contribution in [1.29, 1.82) is 0 Å². The molecule has 13 nitrogen and oxygen atoms in total. The maximum Gasteiger partial charge on any atom is 0.311 e. The van der Waals surface area contributed by atoms with Crippen LogP contribution in [0.2, 0.25) is 0 Å². The first-order valence-electron chi connectivity index (χ1n) is 15.1. The third kappa shape index (κ3) is 8.62. The molecule has 2 heterocycles. The Morgan fingerprint density at radius 3 is 2.02 bits per heavy atom. The summed E-state index contributed by atoms with van der Waals surface area (Å²) >= 11 is 0. The van der Waals surface area contributed by atoms with Crippen LogP contribution in [0.5, 0.6) is 17.2 Å². The van der Waals surface area contributed by atoms with E-state index < -0.39 is 40.0 Å². The fourth-order valence-corrected chi connectivity index (χ4v) is 5.51. The van der Waals surface area contributed by atoms with E-state index in [9.17, 15) is 23.4 Å². The van der Waals surface area contributed by atoms with Gasteiger partial charge in [0.15, 0.2) is 34.7 Å². The molecule has 4 rings (SSSR count). The van der Waals surface area contributed by atoms with Gasteiger partial charge < -0.3 is 24.4 Å². The molecule has 2 aromatic carbocycles. The number of carbonyl (C=O) groups excluding carboxylic acids is 1. The zero-order valence-corrected chi connectivity index (χ0v) is 28.9. The van der Waals surface area contributed by atoms with Gasteiger partial charge in [-0.05, 0) is 65.0 Å². The predicted octanol–water partition coefficient (Wildman–Crippen LogP) is 4.56. The number of ether oxygens (including phenoxy) is 3. The first-order valence-corrected chi connectivity index (χ1v) is 16.6. The molecule has 0 spiro atoms. The molecule has 0 saturated heterocycles. The minimum atomic E-state index is -4.21. The van der Waals surface area contributed by atoms with Gasteiger partial charge in [0, 0.05) is 23.2 Å². The van der Waals surface area contributed by atoms with E-state index in [0.29, 0.717) is 17.1 Å². The fourth-order valence-electron chi connectivity index (χ4n) is 4.50. The Balaban J connectivity index is 1.92. The van der Waals surface area contributed by atoms with Crippen molar-refractivity contribution >= 4 is 21.8 Å². The zero-order chi connectivity index (χ0) is 35.3. The normalized spacial score (nSPS) is 12.0. The molecule has 0 amide bonds. The monoisotopic (exact) mass is 679 g/mol. The van der Waals surface area contributed by atoms with Crippen LogP contribution in [0.1, 0.15) is 43.4 Å². The van der Waals surface area contributed by atoms with Gasteiger partial charge in [0.05, 0.1) is 36.3 Å². The molecule has 0 aliphatic rings. The summed E-state index contributed by atoms with van der Waals surface area (Å²) < 4.78 is 47.4.